The first-order chi connectivity index (χ1) is 7.22. The minimum Gasteiger partial charge on any atom is -0.466 e. The van der Waals surface area contributed by atoms with Crippen molar-refractivity contribution in [3.8, 4) is 0 Å². The molecular formula is C10H16N2O2S. The molecule has 0 amide bonds. The number of amidine groups is 1. The first kappa shape index (κ1) is 10.8. The molecule has 0 radical (unpaired) electrons. The maximum Gasteiger partial charge on any atom is 0.311 e. The number of carbonyl (C=O) groups is 1. The van der Waals surface area contributed by atoms with Gasteiger partial charge in [0.1, 0.15) is 0 Å². The van der Waals surface area contributed by atoms with Crippen molar-refractivity contribution in [1.29, 1.82) is 0 Å². The van der Waals surface area contributed by atoms with Gasteiger partial charge in [0.25, 0.3) is 0 Å². The third-order valence-electron chi connectivity index (χ3n) is 2.93. The van der Waals surface area contributed by atoms with Crippen LogP contribution in [0.5, 0.6) is 0 Å². The normalized spacial score (nSPS) is 34.5. The number of fused-ring (bicyclic) bond motifs is 1. The van der Waals surface area contributed by atoms with E-state index in [1.807, 2.05) is 6.92 Å². The Morgan fingerprint density at radius 1 is 1.67 bits per heavy atom. The number of aliphatic imine (C=N–C) groups is 1. The van der Waals surface area contributed by atoms with Crippen LogP contribution in [0.25, 0.3) is 0 Å². The SMILES string of the molecule is CCOC(=O)C1CCCC2SC(N)=NC21. The maximum absolute atomic E-state index is 11.7. The van der Waals surface area contributed by atoms with Crippen LogP contribution in [0.4, 0.5) is 0 Å². The molecule has 1 aliphatic heterocycles. The van der Waals surface area contributed by atoms with Crippen LogP contribution in [-0.4, -0.2) is 29.0 Å². The van der Waals surface area contributed by atoms with Crippen LogP contribution >= 0.6 is 11.8 Å². The van der Waals surface area contributed by atoms with Crippen LogP contribution < -0.4 is 5.73 Å². The fraction of sp³-hybridized carbons (Fsp3) is 0.800. The molecule has 0 aromatic heterocycles. The van der Waals surface area contributed by atoms with Gasteiger partial charge in [-0.05, 0) is 19.8 Å². The van der Waals surface area contributed by atoms with Crippen molar-refractivity contribution < 1.29 is 9.53 Å². The molecule has 0 spiro atoms. The number of carbonyl (C=O) groups excluding carboxylic acids is 1. The molecule has 2 rings (SSSR count). The molecule has 1 fully saturated rings. The van der Waals surface area contributed by atoms with Crippen LogP contribution in [-0.2, 0) is 9.53 Å². The van der Waals surface area contributed by atoms with E-state index in [2.05, 4.69) is 4.99 Å². The molecule has 1 saturated carbocycles. The largest absolute Gasteiger partial charge is 0.466 e. The Labute approximate surface area is 93.6 Å². The summed E-state index contributed by atoms with van der Waals surface area (Å²) in [7, 11) is 0. The molecule has 0 aromatic carbocycles. The molecule has 0 aromatic rings. The molecule has 0 bridgehead atoms. The van der Waals surface area contributed by atoms with Gasteiger partial charge in [-0.3, -0.25) is 9.79 Å². The fourth-order valence-corrected chi connectivity index (χ4v) is 3.45. The van der Waals surface area contributed by atoms with Gasteiger partial charge in [-0.25, -0.2) is 0 Å². The molecule has 5 heteroatoms. The Morgan fingerprint density at radius 2 is 2.47 bits per heavy atom. The Kier molecular flexibility index (Phi) is 3.19. The Hall–Kier alpha value is -0.710. The van der Waals surface area contributed by atoms with E-state index in [0.717, 1.165) is 19.3 Å². The third-order valence-corrected chi connectivity index (χ3v) is 4.10. The molecule has 1 aliphatic carbocycles. The van der Waals surface area contributed by atoms with Gasteiger partial charge in [0.15, 0.2) is 5.17 Å². The van der Waals surface area contributed by atoms with Gasteiger partial charge in [-0.15, -0.1) is 0 Å². The van der Waals surface area contributed by atoms with Crippen molar-refractivity contribution in [1.82, 2.24) is 0 Å². The highest BCUT2D eigenvalue weighted by Gasteiger charge is 2.42. The lowest BCUT2D eigenvalue weighted by Crippen LogP contribution is -2.37. The minimum atomic E-state index is -0.105. The molecule has 2 N–H and O–H groups in total. The van der Waals surface area contributed by atoms with E-state index in [1.54, 1.807) is 11.8 Å². The summed E-state index contributed by atoms with van der Waals surface area (Å²) in [4.78, 5) is 16.1. The van der Waals surface area contributed by atoms with Gasteiger partial charge in [-0.2, -0.15) is 0 Å². The van der Waals surface area contributed by atoms with Crippen LogP contribution in [0, 0.1) is 5.92 Å². The van der Waals surface area contributed by atoms with Gasteiger partial charge in [-0.1, -0.05) is 18.2 Å². The highest BCUT2D eigenvalue weighted by Crippen LogP contribution is 2.39. The summed E-state index contributed by atoms with van der Waals surface area (Å²) in [5.41, 5.74) is 5.69. The summed E-state index contributed by atoms with van der Waals surface area (Å²) in [5.74, 6) is -0.177. The van der Waals surface area contributed by atoms with Gasteiger partial charge in [0, 0.05) is 5.25 Å². The van der Waals surface area contributed by atoms with Gasteiger partial charge in [0.05, 0.1) is 18.6 Å². The number of rotatable bonds is 2. The number of nitrogens with zero attached hydrogens (tertiary/aromatic N) is 1. The zero-order valence-corrected chi connectivity index (χ0v) is 9.63. The third kappa shape index (κ3) is 2.12. The average molecular weight is 228 g/mol. The first-order valence-corrected chi connectivity index (χ1v) is 6.27. The Balaban J connectivity index is 2.07. The second-order valence-electron chi connectivity index (χ2n) is 3.90. The van der Waals surface area contributed by atoms with Crippen molar-refractivity contribution in [3.05, 3.63) is 0 Å². The molecule has 3 unspecified atom stereocenters. The lowest BCUT2D eigenvalue weighted by Gasteiger charge is -2.29. The van der Waals surface area contributed by atoms with E-state index >= 15 is 0 Å². The summed E-state index contributed by atoms with van der Waals surface area (Å²) in [6, 6.07) is 0.0581. The zero-order valence-electron chi connectivity index (χ0n) is 8.81. The second-order valence-corrected chi connectivity index (χ2v) is 5.16. The molecule has 1 heterocycles. The Bertz CT molecular complexity index is 293. The molecule has 84 valence electrons. The maximum atomic E-state index is 11.7. The van der Waals surface area contributed by atoms with Crippen molar-refractivity contribution in [2.24, 2.45) is 16.6 Å². The monoisotopic (exact) mass is 228 g/mol. The summed E-state index contributed by atoms with van der Waals surface area (Å²) in [6.45, 7) is 2.28. The molecule has 4 nitrogen and oxygen atoms in total. The molecule has 0 saturated heterocycles. The molecular weight excluding hydrogens is 212 g/mol. The van der Waals surface area contributed by atoms with E-state index in [9.17, 15) is 4.79 Å². The standard InChI is InChI=1S/C10H16N2O2S/c1-2-14-9(13)6-4-3-5-7-8(6)12-10(11)15-7/h6-8H,2-5H2,1H3,(H2,11,12). The summed E-state index contributed by atoms with van der Waals surface area (Å²) >= 11 is 1.61. The highest BCUT2D eigenvalue weighted by atomic mass is 32.2. The van der Waals surface area contributed by atoms with Crippen molar-refractivity contribution in [3.63, 3.8) is 0 Å². The van der Waals surface area contributed by atoms with Crippen LogP contribution in [0.2, 0.25) is 0 Å². The van der Waals surface area contributed by atoms with E-state index in [4.69, 9.17) is 10.5 Å². The average Bonchev–Trinajstić information content (AvgIpc) is 2.57. The lowest BCUT2D eigenvalue weighted by atomic mass is 9.84. The van der Waals surface area contributed by atoms with Crippen molar-refractivity contribution in [2.75, 3.05) is 6.61 Å². The smallest absolute Gasteiger partial charge is 0.311 e. The van der Waals surface area contributed by atoms with Gasteiger partial charge < -0.3 is 10.5 Å². The number of esters is 1. The van der Waals surface area contributed by atoms with Crippen LogP contribution in [0.15, 0.2) is 4.99 Å². The zero-order chi connectivity index (χ0) is 10.8. The number of hydrogen-bond acceptors (Lipinski definition) is 5. The predicted molar refractivity (Wildman–Crippen MR) is 60.8 cm³/mol. The number of thioether (sulfide) groups is 1. The van der Waals surface area contributed by atoms with E-state index in [-0.39, 0.29) is 17.9 Å². The first-order valence-electron chi connectivity index (χ1n) is 5.39. The topological polar surface area (TPSA) is 64.7 Å². The van der Waals surface area contributed by atoms with Crippen LogP contribution in [0.3, 0.4) is 0 Å². The van der Waals surface area contributed by atoms with Crippen molar-refractivity contribution >= 4 is 22.9 Å². The Morgan fingerprint density at radius 3 is 3.20 bits per heavy atom. The molecule has 15 heavy (non-hydrogen) atoms. The summed E-state index contributed by atoms with van der Waals surface area (Å²) in [5, 5.41) is 1.02. The second kappa shape index (κ2) is 4.43. The highest BCUT2D eigenvalue weighted by molar-refractivity contribution is 8.14. The quantitative estimate of drug-likeness (QED) is 0.720. The molecule has 2 aliphatic rings. The van der Waals surface area contributed by atoms with E-state index in [0.29, 0.717) is 17.0 Å². The van der Waals surface area contributed by atoms with Gasteiger partial charge in [0.2, 0.25) is 0 Å². The van der Waals surface area contributed by atoms with Gasteiger partial charge >= 0.3 is 5.97 Å². The van der Waals surface area contributed by atoms with E-state index in [1.165, 1.54) is 0 Å². The fourth-order valence-electron chi connectivity index (χ4n) is 2.28. The molecule has 3 atom stereocenters. The van der Waals surface area contributed by atoms with Crippen molar-refractivity contribution in [2.45, 2.75) is 37.5 Å². The number of nitrogens with two attached hydrogens (primary N) is 1. The van der Waals surface area contributed by atoms with E-state index < -0.39 is 0 Å². The number of ether oxygens (including phenoxy) is 1. The van der Waals surface area contributed by atoms with Crippen LogP contribution in [0.1, 0.15) is 26.2 Å². The minimum absolute atomic E-state index is 0.0581. The predicted octanol–water partition coefficient (Wildman–Crippen LogP) is 1.15. The lowest BCUT2D eigenvalue weighted by molar-refractivity contribution is -0.149. The summed E-state index contributed by atoms with van der Waals surface area (Å²) in [6.07, 6.45) is 3.06. The number of hydrogen-bond donors (Lipinski definition) is 1. The summed E-state index contributed by atoms with van der Waals surface area (Å²) < 4.78 is 5.07.